The van der Waals surface area contributed by atoms with E-state index in [1.165, 1.54) is 6.92 Å². The molecule has 4 amide bonds. The van der Waals surface area contributed by atoms with E-state index in [0.29, 0.717) is 17.1 Å². The summed E-state index contributed by atoms with van der Waals surface area (Å²) < 4.78 is 0. The maximum absolute atomic E-state index is 12.7. The van der Waals surface area contributed by atoms with Gasteiger partial charge in [-0.2, -0.15) is 0 Å². The van der Waals surface area contributed by atoms with Crippen LogP contribution in [0.2, 0.25) is 0 Å². The molecule has 0 aromatic heterocycles. The van der Waals surface area contributed by atoms with Crippen LogP contribution in [-0.2, 0) is 9.59 Å². The van der Waals surface area contributed by atoms with Gasteiger partial charge in [-0.25, -0.2) is 4.79 Å². The lowest BCUT2D eigenvalue weighted by Crippen LogP contribution is -2.29. The highest BCUT2D eigenvalue weighted by molar-refractivity contribution is 6.00. The Labute approximate surface area is 187 Å². The summed E-state index contributed by atoms with van der Waals surface area (Å²) in [5.74, 6) is -0.464. The summed E-state index contributed by atoms with van der Waals surface area (Å²) in [4.78, 5) is 36.5. The quantitative estimate of drug-likeness (QED) is 0.431. The second-order valence-corrected chi connectivity index (χ2v) is 7.44. The maximum Gasteiger partial charge on any atom is 0.323 e. The summed E-state index contributed by atoms with van der Waals surface area (Å²) in [6.07, 6.45) is 0.0782. The van der Waals surface area contributed by atoms with Crippen molar-refractivity contribution in [3.05, 3.63) is 90.0 Å². The highest BCUT2D eigenvalue weighted by Gasteiger charge is 2.17. The van der Waals surface area contributed by atoms with Crippen LogP contribution in [0.1, 0.15) is 30.5 Å². The van der Waals surface area contributed by atoms with Crippen molar-refractivity contribution < 1.29 is 14.4 Å². The number of hydrogen-bond acceptors (Lipinski definition) is 3. The minimum absolute atomic E-state index is 0.0782. The van der Waals surface area contributed by atoms with Gasteiger partial charge in [0.2, 0.25) is 11.8 Å². The van der Waals surface area contributed by atoms with Gasteiger partial charge in [0.25, 0.3) is 0 Å². The van der Waals surface area contributed by atoms with Gasteiger partial charge in [-0.05, 0) is 42.8 Å². The van der Waals surface area contributed by atoms with Crippen LogP contribution in [0, 0.1) is 6.92 Å². The number of nitrogens with one attached hydrogen (secondary N) is 4. The summed E-state index contributed by atoms with van der Waals surface area (Å²) in [5, 5.41) is 11.1. The fourth-order valence-electron chi connectivity index (χ4n) is 3.18. The third kappa shape index (κ3) is 6.98. The van der Waals surface area contributed by atoms with Gasteiger partial charge in [0.15, 0.2) is 0 Å². The van der Waals surface area contributed by atoms with Crippen LogP contribution in [0.5, 0.6) is 0 Å². The molecule has 0 aliphatic carbocycles. The smallest absolute Gasteiger partial charge is 0.323 e. The molecule has 3 rings (SSSR count). The number of carbonyl (C=O) groups excluding carboxylic acids is 3. The van der Waals surface area contributed by atoms with Crippen molar-refractivity contribution in [2.45, 2.75) is 26.3 Å². The van der Waals surface area contributed by atoms with Gasteiger partial charge in [-0.15, -0.1) is 0 Å². The standard InChI is InChI=1S/C25H26N4O3/c1-17-11-13-19(14-12-17)23(26-18(2)30)16-24(31)27-21-9-6-10-22(15-21)29-25(32)28-20-7-4-3-5-8-20/h3-15,23H,16H2,1-2H3,(H,26,30)(H,27,31)(H2,28,29,32)/t23-/m0/s1. The molecule has 0 saturated heterocycles. The second kappa shape index (κ2) is 10.8. The first-order valence-corrected chi connectivity index (χ1v) is 10.3. The number of carbonyl (C=O) groups is 3. The summed E-state index contributed by atoms with van der Waals surface area (Å²) in [7, 11) is 0. The van der Waals surface area contributed by atoms with Crippen molar-refractivity contribution in [2.24, 2.45) is 0 Å². The number of benzene rings is 3. The molecule has 164 valence electrons. The van der Waals surface area contributed by atoms with E-state index in [2.05, 4.69) is 21.3 Å². The molecule has 0 heterocycles. The Balaban J connectivity index is 1.61. The van der Waals surface area contributed by atoms with Crippen molar-refractivity contribution in [1.82, 2.24) is 5.32 Å². The Morgan fingerprint density at radius 1 is 0.750 bits per heavy atom. The van der Waals surface area contributed by atoms with Crippen LogP contribution in [-0.4, -0.2) is 17.8 Å². The Morgan fingerprint density at radius 2 is 1.34 bits per heavy atom. The second-order valence-electron chi connectivity index (χ2n) is 7.44. The Bertz CT molecular complexity index is 1080. The van der Waals surface area contributed by atoms with Crippen molar-refractivity contribution in [1.29, 1.82) is 0 Å². The molecule has 7 nitrogen and oxygen atoms in total. The van der Waals surface area contributed by atoms with Crippen molar-refractivity contribution >= 4 is 34.9 Å². The number of aryl methyl sites for hydroxylation is 1. The molecule has 3 aromatic rings. The minimum Gasteiger partial charge on any atom is -0.349 e. The van der Waals surface area contributed by atoms with E-state index in [9.17, 15) is 14.4 Å². The normalized spacial score (nSPS) is 11.2. The first-order chi connectivity index (χ1) is 15.4. The average Bonchev–Trinajstić information content (AvgIpc) is 2.74. The molecule has 3 aromatic carbocycles. The monoisotopic (exact) mass is 430 g/mol. The van der Waals surface area contributed by atoms with Gasteiger partial charge in [-0.3, -0.25) is 9.59 Å². The van der Waals surface area contributed by atoms with Gasteiger partial charge in [0.05, 0.1) is 12.5 Å². The molecule has 0 unspecified atom stereocenters. The van der Waals surface area contributed by atoms with Gasteiger partial charge >= 0.3 is 6.03 Å². The molecular weight excluding hydrogens is 404 g/mol. The largest absolute Gasteiger partial charge is 0.349 e. The summed E-state index contributed by atoms with van der Waals surface area (Å²) in [6, 6.07) is 22.8. The van der Waals surface area contributed by atoms with E-state index in [-0.39, 0.29) is 24.3 Å². The topological polar surface area (TPSA) is 99.3 Å². The molecule has 32 heavy (non-hydrogen) atoms. The van der Waals surface area contributed by atoms with Crippen LogP contribution in [0.3, 0.4) is 0 Å². The molecule has 0 spiro atoms. The zero-order valence-electron chi connectivity index (χ0n) is 18.0. The number of para-hydroxylation sites is 1. The zero-order chi connectivity index (χ0) is 22.9. The molecular formula is C25H26N4O3. The molecule has 0 saturated carbocycles. The number of rotatable bonds is 7. The predicted molar refractivity (Wildman–Crippen MR) is 127 cm³/mol. The molecule has 0 aliphatic heterocycles. The fraction of sp³-hybridized carbons (Fsp3) is 0.160. The summed E-state index contributed by atoms with van der Waals surface area (Å²) in [6.45, 7) is 3.40. The first-order valence-electron chi connectivity index (χ1n) is 10.3. The highest BCUT2D eigenvalue weighted by atomic mass is 16.2. The molecule has 4 N–H and O–H groups in total. The summed E-state index contributed by atoms with van der Waals surface area (Å²) in [5.41, 5.74) is 3.70. The van der Waals surface area contributed by atoms with Gasteiger partial charge < -0.3 is 21.3 Å². The van der Waals surface area contributed by atoms with Gasteiger partial charge in [0.1, 0.15) is 0 Å². The van der Waals surface area contributed by atoms with Gasteiger partial charge in [-0.1, -0.05) is 54.1 Å². The van der Waals surface area contributed by atoms with E-state index in [4.69, 9.17) is 0 Å². The van der Waals surface area contributed by atoms with Crippen LogP contribution in [0.4, 0.5) is 21.9 Å². The molecule has 0 bridgehead atoms. The Morgan fingerprint density at radius 3 is 2.00 bits per heavy atom. The van der Waals surface area contributed by atoms with Crippen molar-refractivity contribution in [3.8, 4) is 0 Å². The van der Waals surface area contributed by atoms with E-state index < -0.39 is 6.04 Å². The van der Waals surface area contributed by atoms with E-state index in [1.54, 1.807) is 36.4 Å². The van der Waals surface area contributed by atoms with Crippen LogP contribution in [0.15, 0.2) is 78.9 Å². The average molecular weight is 431 g/mol. The van der Waals surface area contributed by atoms with Crippen LogP contribution in [0.25, 0.3) is 0 Å². The third-order valence-corrected chi connectivity index (χ3v) is 4.68. The highest BCUT2D eigenvalue weighted by Crippen LogP contribution is 2.20. The van der Waals surface area contributed by atoms with E-state index in [1.807, 2.05) is 49.4 Å². The number of hydrogen-bond donors (Lipinski definition) is 4. The van der Waals surface area contributed by atoms with Gasteiger partial charge in [0, 0.05) is 24.0 Å². The summed E-state index contributed by atoms with van der Waals surface area (Å²) >= 11 is 0. The molecule has 1 atom stereocenters. The zero-order valence-corrected chi connectivity index (χ0v) is 18.0. The Kier molecular flexibility index (Phi) is 7.59. The molecule has 0 aliphatic rings. The third-order valence-electron chi connectivity index (χ3n) is 4.68. The number of anilines is 3. The van der Waals surface area contributed by atoms with Crippen LogP contribution >= 0.6 is 0 Å². The van der Waals surface area contributed by atoms with Crippen LogP contribution < -0.4 is 21.3 Å². The molecule has 0 radical (unpaired) electrons. The Hall–Kier alpha value is -4.13. The lowest BCUT2D eigenvalue weighted by atomic mass is 10.0. The fourth-order valence-corrected chi connectivity index (χ4v) is 3.18. The predicted octanol–water partition coefficient (Wildman–Crippen LogP) is 4.85. The number of amides is 4. The molecule has 0 fully saturated rings. The first kappa shape index (κ1) is 22.6. The lowest BCUT2D eigenvalue weighted by Gasteiger charge is -2.18. The maximum atomic E-state index is 12.7. The lowest BCUT2D eigenvalue weighted by molar-refractivity contribution is -0.120. The van der Waals surface area contributed by atoms with E-state index >= 15 is 0 Å². The van der Waals surface area contributed by atoms with E-state index in [0.717, 1.165) is 11.1 Å². The molecule has 7 heteroatoms. The SMILES string of the molecule is CC(=O)N[C@@H](CC(=O)Nc1cccc(NC(=O)Nc2ccccc2)c1)c1ccc(C)cc1. The number of urea groups is 1. The van der Waals surface area contributed by atoms with Crippen molar-refractivity contribution in [3.63, 3.8) is 0 Å². The van der Waals surface area contributed by atoms with Crippen molar-refractivity contribution in [2.75, 3.05) is 16.0 Å². The minimum atomic E-state index is -0.439.